The molecule has 17 rings (SSSR count). The van der Waals surface area contributed by atoms with Gasteiger partial charge in [-0.25, -0.2) is 9.97 Å². The van der Waals surface area contributed by atoms with E-state index < -0.39 is 29.9 Å². The molecule has 2 aliphatic heterocycles. The number of ether oxygens (including phenoxy) is 2. The Bertz CT molecular complexity index is 5220. The molecule has 378 valence electrons. The van der Waals surface area contributed by atoms with Crippen molar-refractivity contribution in [2.24, 2.45) is 0 Å². The molecule has 0 unspecified atom stereocenters. The van der Waals surface area contributed by atoms with Crippen molar-refractivity contribution in [1.29, 1.82) is 0 Å². The minimum atomic E-state index is -3.51. The number of benzene rings is 11. The summed E-state index contributed by atoms with van der Waals surface area (Å²) in [6.45, 7) is -5.03. The Morgan fingerprint density at radius 2 is 0.850 bits per heavy atom. The lowest BCUT2D eigenvalue weighted by Gasteiger charge is -2.45. The lowest BCUT2D eigenvalue weighted by molar-refractivity contribution is 0.483. The van der Waals surface area contributed by atoms with Gasteiger partial charge in [-0.3, -0.25) is 17.9 Å². The molecule has 0 N–H and O–H groups in total. The number of aryl methyl sites for hydroxylation is 2. The van der Waals surface area contributed by atoms with Crippen LogP contribution in [-0.2, 0) is 0 Å². The third-order valence-corrected chi connectivity index (χ3v) is 26.5. The number of rotatable bonds is 6. The first-order chi connectivity index (χ1) is 41.9. The zero-order valence-electron chi connectivity index (χ0n) is 48.7. The maximum atomic E-state index is 9.15. The van der Waals surface area contributed by atoms with Crippen molar-refractivity contribution in [3.8, 4) is 34.4 Å². The van der Waals surface area contributed by atoms with Crippen molar-refractivity contribution >= 4 is 113 Å². The van der Waals surface area contributed by atoms with Gasteiger partial charge in [0.15, 0.2) is 16.1 Å². The smallest absolute Gasteiger partial charge is 0.220 e. The molecular formula is C70H48N6O2Si2. The summed E-state index contributed by atoms with van der Waals surface area (Å²) in [4.78, 5) is 10.5. The van der Waals surface area contributed by atoms with Crippen LogP contribution in [0.4, 0.5) is 0 Å². The standard InChI is InChI=1S/C70H48N6O2Si2/c1-45-22-19-33-56-66(45)71-70-74(53-30-10-11-31-54(53)75(56)70)48-42-46(2)67-57(44-48)76-55-32-12-9-29-52(55)73(69(76)72-67)47-23-20-28-51(43-47)79(49-24-5-3-6-25-49,50-26-7-4-8-27-50)64-40-21-41-65-68(64)78-60-36-15-18-39-63(60)80(65)61-37-16-13-34-58(61)77-59-35-14-17-38-62(59)80/h3-44H,1-2H3/i1D3,2D3. The normalized spacial score (nSPS) is 14.8. The van der Waals surface area contributed by atoms with E-state index in [0.717, 1.165) is 66.3 Å². The van der Waals surface area contributed by atoms with E-state index in [4.69, 9.17) is 27.7 Å². The molecule has 0 saturated heterocycles. The summed E-state index contributed by atoms with van der Waals surface area (Å²) >= 11 is 0. The van der Waals surface area contributed by atoms with Crippen LogP contribution in [0, 0.1) is 13.7 Å². The van der Waals surface area contributed by atoms with Crippen LogP contribution in [0.25, 0.3) is 67.1 Å². The van der Waals surface area contributed by atoms with Crippen LogP contribution in [0.2, 0.25) is 0 Å². The fourth-order valence-electron chi connectivity index (χ4n) is 13.7. The van der Waals surface area contributed by atoms with E-state index in [2.05, 4.69) is 197 Å². The molecule has 0 aliphatic carbocycles. The predicted molar refractivity (Wildman–Crippen MR) is 329 cm³/mol. The van der Waals surface area contributed by atoms with Crippen molar-refractivity contribution in [1.82, 2.24) is 27.9 Å². The summed E-state index contributed by atoms with van der Waals surface area (Å²) in [5, 5.41) is 9.18. The average molecular weight is 1070 g/mol. The summed E-state index contributed by atoms with van der Waals surface area (Å²) in [6, 6.07) is 87.9. The number of aromatic nitrogens is 6. The highest BCUT2D eigenvalue weighted by Gasteiger charge is 2.55. The second kappa shape index (κ2) is 16.8. The molecule has 0 fully saturated rings. The SMILES string of the molecule is [2H]C([2H])([2H])c1cccc2c1nc1n(-c3cc(C([2H])([2H])[2H])c4nc5n(-c6cccc([Si](c7ccccc7)(c7ccccc7)c7cccc8c7Oc7ccccc7[Si]87c8ccccc8Oc8ccccc87)c6)c6ccccc6n5c4c3)c3ccccc3n21. The van der Waals surface area contributed by atoms with Gasteiger partial charge in [0.25, 0.3) is 0 Å². The third kappa shape index (κ3) is 5.92. The van der Waals surface area contributed by atoms with E-state index in [1.54, 1.807) is 18.2 Å². The Kier molecular flexibility index (Phi) is 8.24. The lowest BCUT2D eigenvalue weighted by Crippen LogP contribution is -2.80. The number of imidazole rings is 4. The topological polar surface area (TPSA) is 62.9 Å². The first-order valence-corrected chi connectivity index (χ1v) is 30.8. The lowest BCUT2D eigenvalue weighted by atomic mass is 10.1. The molecule has 1 spiro atoms. The number of hydrogen-bond donors (Lipinski definition) is 0. The zero-order chi connectivity index (χ0) is 57.8. The van der Waals surface area contributed by atoms with Gasteiger partial charge in [0.05, 0.1) is 49.8 Å². The van der Waals surface area contributed by atoms with Gasteiger partial charge in [0.2, 0.25) is 11.6 Å². The molecule has 2 aliphatic rings. The van der Waals surface area contributed by atoms with Crippen LogP contribution in [0.3, 0.4) is 0 Å². The van der Waals surface area contributed by atoms with E-state index in [1.807, 2.05) is 57.5 Å². The van der Waals surface area contributed by atoms with Crippen LogP contribution >= 0.6 is 0 Å². The maximum Gasteiger partial charge on any atom is 0.220 e. The van der Waals surface area contributed by atoms with Gasteiger partial charge >= 0.3 is 0 Å². The highest BCUT2D eigenvalue weighted by atomic mass is 28.3. The Morgan fingerprint density at radius 3 is 1.48 bits per heavy atom. The minimum Gasteiger partial charge on any atom is -0.458 e. The molecule has 0 amide bonds. The number of para-hydroxylation sites is 9. The van der Waals surface area contributed by atoms with E-state index >= 15 is 0 Å². The van der Waals surface area contributed by atoms with Crippen LogP contribution in [0.5, 0.6) is 23.0 Å². The first-order valence-electron chi connectivity index (χ1n) is 29.8. The zero-order valence-corrected chi connectivity index (χ0v) is 44.7. The van der Waals surface area contributed by atoms with Crippen LogP contribution in [0.15, 0.2) is 255 Å². The first kappa shape index (κ1) is 39.4. The Balaban J connectivity index is 0.938. The molecular weight excluding hydrogens is 1010 g/mol. The molecule has 11 aromatic carbocycles. The molecule has 0 radical (unpaired) electrons. The van der Waals surface area contributed by atoms with Gasteiger partial charge in [-0.05, 0) is 139 Å². The molecule has 10 heteroatoms. The van der Waals surface area contributed by atoms with Crippen LogP contribution in [-0.4, -0.2) is 44.1 Å². The molecule has 0 bridgehead atoms. The Morgan fingerprint density at radius 1 is 0.375 bits per heavy atom. The summed E-state index contributed by atoms with van der Waals surface area (Å²) in [5.74, 6) is 4.36. The molecule has 0 saturated carbocycles. The van der Waals surface area contributed by atoms with Crippen molar-refractivity contribution in [3.63, 3.8) is 0 Å². The molecule has 8 nitrogen and oxygen atoms in total. The fraction of sp³-hybridized carbons (Fsp3) is 0.0286. The second-order valence-electron chi connectivity index (χ2n) is 20.8. The third-order valence-electron chi connectivity index (χ3n) is 16.9. The van der Waals surface area contributed by atoms with Gasteiger partial charge in [-0.2, -0.15) is 0 Å². The Hall–Kier alpha value is -10.0. The molecule has 80 heavy (non-hydrogen) atoms. The quantitative estimate of drug-likeness (QED) is 0.123. The van der Waals surface area contributed by atoms with Crippen molar-refractivity contribution in [2.45, 2.75) is 13.7 Å². The highest BCUT2D eigenvalue weighted by molar-refractivity contribution is 7.23. The van der Waals surface area contributed by atoms with E-state index in [-0.39, 0.29) is 11.1 Å². The van der Waals surface area contributed by atoms with Crippen molar-refractivity contribution < 1.29 is 17.7 Å². The van der Waals surface area contributed by atoms with E-state index in [1.165, 1.54) is 25.9 Å². The van der Waals surface area contributed by atoms with Gasteiger partial charge in [0.1, 0.15) is 23.0 Å². The monoisotopic (exact) mass is 1070 g/mol. The van der Waals surface area contributed by atoms with Gasteiger partial charge < -0.3 is 9.47 Å². The average Bonchev–Trinajstić information content (AvgIpc) is 1.58. The maximum absolute atomic E-state index is 9.15. The predicted octanol–water partition coefficient (Wildman–Crippen LogP) is 10.8. The van der Waals surface area contributed by atoms with Crippen molar-refractivity contribution in [2.75, 3.05) is 0 Å². The largest absolute Gasteiger partial charge is 0.458 e. The molecule has 6 heterocycles. The summed E-state index contributed by atoms with van der Waals surface area (Å²) in [6.07, 6.45) is 0. The summed E-state index contributed by atoms with van der Waals surface area (Å²) < 4.78 is 75.3. The van der Waals surface area contributed by atoms with Gasteiger partial charge in [0, 0.05) is 13.9 Å². The highest BCUT2D eigenvalue weighted by Crippen LogP contribution is 2.38. The second-order valence-corrected chi connectivity index (χ2v) is 28.3. The molecule has 4 aromatic heterocycles. The van der Waals surface area contributed by atoms with Crippen molar-refractivity contribution in [3.05, 3.63) is 266 Å². The summed E-state index contributed by atoms with van der Waals surface area (Å²) in [5.41, 5.74) is 6.75. The van der Waals surface area contributed by atoms with Crippen LogP contribution in [0.1, 0.15) is 19.4 Å². The molecule has 0 atom stereocenters. The summed E-state index contributed by atoms with van der Waals surface area (Å²) in [7, 11) is -6.70. The number of nitrogens with zero attached hydrogens (tertiary/aromatic N) is 6. The number of fused-ring (bicyclic) bond motifs is 18. The molecule has 15 aromatic rings. The number of hydrogen-bond acceptors (Lipinski definition) is 4. The van der Waals surface area contributed by atoms with E-state index in [9.17, 15) is 0 Å². The van der Waals surface area contributed by atoms with Gasteiger partial charge in [-0.1, -0.05) is 182 Å². The Labute approximate surface area is 470 Å². The van der Waals surface area contributed by atoms with Crippen LogP contribution < -0.4 is 51.0 Å². The minimum absolute atomic E-state index is 0.0689. The fourth-order valence-corrected chi connectivity index (χ4v) is 23.9. The van der Waals surface area contributed by atoms with Gasteiger partial charge in [-0.15, -0.1) is 0 Å². The van der Waals surface area contributed by atoms with E-state index in [0.29, 0.717) is 39.3 Å².